The van der Waals surface area contributed by atoms with E-state index in [1.54, 1.807) is 0 Å². The van der Waals surface area contributed by atoms with Gasteiger partial charge in [0.05, 0.1) is 18.7 Å². The number of nitrogens with zero attached hydrogens (tertiary/aromatic N) is 2. The van der Waals surface area contributed by atoms with Crippen LogP contribution >= 0.6 is 0 Å². The molecule has 0 amide bonds. The lowest BCUT2D eigenvalue weighted by Crippen LogP contribution is -2.06. The normalized spacial score (nSPS) is 10.7. The molecule has 1 aromatic carbocycles. The van der Waals surface area contributed by atoms with Crippen molar-refractivity contribution in [2.45, 2.75) is 33.7 Å². The van der Waals surface area contributed by atoms with Crippen LogP contribution in [0.1, 0.15) is 28.1 Å². The third kappa shape index (κ3) is 3.02. The van der Waals surface area contributed by atoms with E-state index in [4.69, 9.17) is 5.11 Å². The summed E-state index contributed by atoms with van der Waals surface area (Å²) < 4.78 is 1.88. The molecule has 100 valence electrons. The lowest BCUT2D eigenvalue weighted by atomic mass is 10.1. The molecule has 4 heteroatoms. The minimum atomic E-state index is -0.818. The second-order valence-corrected chi connectivity index (χ2v) is 4.87. The zero-order chi connectivity index (χ0) is 14.0. The second-order valence-electron chi connectivity index (χ2n) is 4.87. The van der Waals surface area contributed by atoms with Crippen molar-refractivity contribution in [2.75, 3.05) is 0 Å². The second kappa shape index (κ2) is 5.26. The maximum atomic E-state index is 10.8. The first-order valence-corrected chi connectivity index (χ1v) is 6.27. The van der Waals surface area contributed by atoms with Crippen molar-refractivity contribution in [2.24, 2.45) is 0 Å². The summed E-state index contributed by atoms with van der Waals surface area (Å²) in [6.45, 7) is 6.51. The van der Waals surface area contributed by atoms with Gasteiger partial charge < -0.3 is 5.11 Å². The van der Waals surface area contributed by atoms with Crippen molar-refractivity contribution in [3.63, 3.8) is 0 Å². The van der Waals surface area contributed by atoms with Crippen LogP contribution in [0.5, 0.6) is 0 Å². The molecule has 2 aromatic rings. The van der Waals surface area contributed by atoms with Crippen molar-refractivity contribution in [3.05, 3.63) is 52.3 Å². The SMILES string of the molecule is Cc1cccc(Cn2nc(C)c(CC(=O)O)c2C)c1. The van der Waals surface area contributed by atoms with Gasteiger partial charge in [-0.2, -0.15) is 5.10 Å². The number of hydrogen-bond acceptors (Lipinski definition) is 2. The van der Waals surface area contributed by atoms with Gasteiger partial charge >= 0.3 is 5.97 Å². The summed E-state index contributed by atoms with van der Waals surface area (Å²) in [6, 6.07) is 8.25. The first-order valence-electron chi connectivity index (χ1n) is 6.27. The zero-order valence-electron chi connectivity index (χ0n) is 11.5. The summed E-state index contributed by atoms with van der Waals surface area (Å²) in [5.41, 5.74) is 4.94. The number of hydrogen-bond donors (Lipinski definition) is 1. The van der Waals surface area contributed by atoms with Crippen LogP contribution in [0, 0.1) is 20.8 Å². The van der Waals surface area contributed by atoms with Crippen LogP contribution < -0.4 is 0 Å². The van der Waals surface area contributed by atoms with E-state index >= 15 is 0 Å². The third-order valence-corrected chi connectivity index (χ3v) is 3.27. The Morgan fingerprint density at radius 3 is 2.68 bits per heavy atom. The average molecular weight is 258 g/mol. The van der Waals surface area contributed by atoms with E-state index in [1.807, 2.05) is 24.6 Å². The highest BCUT2D eigenvalue weighted by molar-refractivity contribution is 5.70. The van der Waals surface area contributed by atoms with Gasteiger partial charge in [-0.3, -0.25) is 9.48 Å². The highest BCUT2D eigenvalue weighted by Gasteiger charge is 2.14. The summed E-state index contributed by atoms with van der Waals surface area (Å²) in [5.74, 6) is -0.818. The van der Waals surface area contributed by atoms with Crippen LogP contribution in [0.15, 0.2) is 24.3 Å². The maximum Gasteiger partial charge on any atom is 0.307 e. The Morgan fingerprint density at radius 1 is 1.32 bits per heavy atom. The van der Waals surface area contributed by atoms with E-state index in [9.17, 15) is 4.79 Å². The molecule has 0 bridgehead atoms. The molecule has 0 aliphatic carbocycles. The number of benzene rings is 1. The highest BCUT2D eigenvalue weighted by atomic mass is 16.4. The van der Waals surface area contributed by atoms with Crippen molar-refractivity contribution >= 4 is 5.97 Å². The topological polar surface area (TPSA) is 55.1 Å². The summed E-state index contributed by atoms with van der Waals surface area (Å²) in [6.07, 6.45) is 0.0332. The van der Waals surface area contributed by atoms with Crippen LogP contribution in [0.3, 0.4) is 0 Å². The lowest BCUT2D eigenvalue weighted by Gasteiger charge is -2.06. The van der Waals surface area contributed by atoms with Crippen LogP contribution in [0.2, 0.25) is 0 Å². The minimum Gasteiger partial charge on any atom is -0.481 e. The molecular weight excluding hydrogens is 240 g/mol. The molecule has 0 unspecified atom stereocenters. The fourth-order valence-corrected chi connectivity index (χ4v) is 2.28. The first kappa shape index (κ1) is 13.3. The van der Waals surface area contributed by atoms with Gasteiger partial charge in [-0.25, -0.2) is 0 Å². The maximum absolute atomic E-state index is 10.8. The van der Waals surface area contributed by atoms with Gasteiger partial charge in [0.1, 0.15) is 0 Å². The Labute approximate surface area is 112 Å². The number of carbonyl (C=O) groups is 1. The van der Waals surface area contributed by atoms with Gasteiger partial charge in [0.2, 0.25) is 0 Å². The Hall–Kier alpha value is -2.10. The largest absolute Gasteiger partial charge is 0.481 e. The summed E-state index contributed by atoms with van der Waals surface area (Å²) >= 11 is 0. The Bertz CT molecular complexity index is 615. The number of aryl methyl sites for hydroxylation is 2. The van der Waals surface area contributed by atoms with Crippen LogP contribution in [-0.4, -0.2) is 20.9 Å². The quantitative estimate of drug-likeness (QED) is 0.916. The lowest BCUT2D eigenvalue weighted by molar-refractivity contribution is -0.136. The van der Waals surface area contributed by atoms with E-state index in [2.05, 4.69) is 30.2 Å². The number of aliphatic carboxylic acids is 1. The molecule has 2 rings (SSSR count). The molecule has 1 aromatic heterocycles. The average Bonchev–Trinajstić information content (AvgIpc) is 2.57. The Morgan fingerprint density at radius 2 is 2.05 bits per heavy atom. The highest BCUT2D eigenvalue weighted by Crippen LogP contribution is 2.16. The molecule has 19 heavy (non-hydrogen) atoms. The van der Waals surface area contributed by atoms with Crippen LogP contribution in [0.25, 0.3) is 0 Å². The molecular formula is C15H18N2O2. The van der Waals surface area contributed by atoms with Crippen molar-refractivity contribution in [1.29, 1.82) is 0 Å². The predicted molar refractivity (Wildman–Crippen MR) is 73.3 cm³/mol. The summed E-state index contributed by atoms with van der Waals surface area (Å²) in [7, 11) is 0. The van der Waals surface area contributed by atoms with Gasteiger partial charge in [0, 0.05) is 11.3 Å². The molecule has 0 saturated carbocycles. The number of carboxylic acids is 1. The Kier molecular flexibility index (Phi) is 3.69. The van der Waals surface area contributed by atoms with Gasteiger partial charge in [-0.05, 0) is 26.3 Å². The van der Waals surface area contributed by atoms with Crippen LogP contribution in [0.4, 0.5) is 0 Å². The fourth-order valence-electron chi connectivity index (χ4n) is 2.28. The zero-order valence-corrected chi connectivity index (χ0v) is 11.5. The molecule has 0 aliphatic heterocycles. The number of rotatable bonds is 4. The van der Waals surface area contributed by atoms with Gasteiger partial charge in [-0.15, -0.1) is 0 Å². The first-order chi connectivity index (χ1) is 8.97. The fraction of sp³-hybridized carbons (Fsp3) is 0.333. The number of aromatic nitrogens is 2. The molecule has 1 N–H and O–H groups in total. The van der Waals surface area contributed by atoms with Gasteiger partial charge in [-0.1, -0.05) is 29.8 Å². The van der Waals surface area contributed by atoms with E-state index < -0.39 is 5.97 Å². The minimum absolute atomic E-state index is 0.0332. The summed E-state index contributed by atoms with van der Waals surface area (Å²) in [4.78, 5) is 10.8. The van der Waals surface area contributed by atoms with E-state index in [0.29, 0.717) is 6.54 Å². The third-order valence-electron chi connectivity index (χ3n) is 3.27. The molecule has 0 aliphatic rings. The van der Waals surface area contributed by atoms with Gasteiger partial charge in [0.25, 0.3) is 0 Å². The number of carboxylic acid groups (broad SMARTS) is 1. The molecule has 0 radical (unpaired) electrons. The van der Waals surface area contributed by atoms with E-state index in [1.165, 1.54) is 11.1 Å². The molecule has 0 saturated heterocycles. The molecule has 0 spiro atoms. The Balaban J connectivity index is 2.29. The molecule has 4 nitrogen and oxygen atoms in total. The molecule has 0 atom stereocenters. The molecule has 1 heterocycles. The monoisotopic (exact) mass is 258 g/mol. The van der Waals surface area contributed by atoms with Gasteiger partial charge in [0.15, 0.2) is 0 Å². The van der Waals surface area contributed by atoms with E-state index in [-0.39, 0.29) is 6.42 Å². The van der Waals surface area contributed by atoms with E-state index in [0.717, 1.165) is 17.0 Å². The standard InChI is InChI=1S/C15H18N2O2/c1-10-5-4-6-13(7-10)9-17-12(3)14(8-15(18)19)11(2)16-17/h4-7H,8-9H2,1-3H3,(H,18,19). The van der Waals surface area contributed by atoms with Crippen LogP contribution in [-0.2, 0) is 17.8 Å². The van der Waals surface area contributed by atoms with Crippen molar-refractivity contribution in [3.8, 4) is 0 Å². The summed E-state index contributed by atoms with van der Waals surface area (Å²) in [5, 5.41) is 13.4. The molecule has 0 fully saturated rings. The van der Waals surface area contributed by atoms with Crippen molar-refractivity contribution in [1.82, 2.24) is 9.78 Å². The smallest absolute Gasteiger partial charge is 0.307 e. The van der Waals surface area contributed by atoms with Crippen molar-refractivity contribution < 1.29 is 9.90 Å². The predicted octanol–water partition coefficient (Wildman–Crippen LogP) is 2.48.